The summed E-state index contributed by atoms with van der Waals surface area (Å²) in [6.07, 6.45) is 4.57. The van der Waals surface area contributed by atoms with Crippen LogP contribution in [-0.2, 0) is 16.9 Å². The van der Waals surface area contributed by atoms with Gasteiger partial charge in [-0.3, -0.25) is 14.5 Å². The van der Waals surface area contributed by atoms with Crippen LogP contribution in [0.1, 0.15) is 12.0 Å². The number of likely N-dealkylation sites (tertiary alicyclic amines) is 1. The number of benzene rings is 1. The van der Waals surface area contributed by atoms with Crippen LogP contribution in [0.25, 0.3) is 0 Å². The van der Waals surface area contributed by atoms with Crippen molar-refractivity contribution in [3.8, 4) is 0 Å². The third-order valence-electron chi connectivity index (χ3n) is 5.76. The van der Waals surface area contributed by atoms with Gasteiger partial charge in [-0.1, -0.05) is 30.3 Å². The first-order chi connectivity index (χ1) is 12.8. The second-order valence-electron chi connectivity index (χ2n) is 7.27. The Labute approximate surface area is 155 Å². The zero-order valence-electron chi connectivity index (χ0n) is 15.2. The van der Waals surface area contributed by atoms with Gasteiger partial charge >= 0.3 is 0 Å². The van der Waals surface area contributed by atoms with Crippen molar-refractivity contribution in [2.45, 2.75) is 24.6 Å². The molecule has 4 rings (SSSR count). The van der Waals surface area contributed by atoms with Gasteiger partial charge in [0.15, 0.2) is 0 Å². The molecular formula is C20H28N4O2. The van der Waals surface area contributed by atoms with E-state index in [4.69, 9.17) is 4.74 Å². The van der Waals surface area contributed by atoms with Gasteiger partial charge in [-0.25, -0.2) is 0 Å². The van der Waals surface area contributed by atoms with E-state index in [1.165, 1.54) is 0 Å². The molecule has 2 aromatic rings. The number of morpholine rings is 1. The first kappa shape index (κ1) is 17.7. The molecule has 0 aliphatic carbocycles. The number of aromatic nitrogens is 2. The molecule has 3 heterocycles. The molecule has 0 radical (unpaired) electrons. The van der Waals surface area contributed by atoms with Crippen molar-refractivity contribution in [3.05, 3.63) is 54.4 Å². The molecule has 0 bridgehead atoms. The van der Waals surface area contributed by atoms with Gasteiger partial charge in [-0.05, 0) is 18.1 Å². The van der Waals surface area contributed by atoms with Gasteiger partial charge < -0.3 is 9.84 Å². The van der Waals surface area contributed by atoms with Gasteiger partial charge in [0.2, 0.25) is 0 Å². The third kappa shape index (κ3) is 3.69. The SMILES string of the molecule is O[C@]1(c2ccccc2)CCN(CCn2cccn2)C[C@H]1N1CCOCC1. The Hall–Kier alpha value is -1.73. The van der Waals surface area contributed by atoms with Gasteiger partial charge in [0, 0.05) is 45.1 Å². The minimum absolute atomic E-state index is 0.0835. The van der Waals surface area contributed by atoms with Crippen LogP contribution >= 0.6 is 0 Å². The fraction of sp³-hybridized carbons (Fsp3) is 0.550. The molecule has 0 saturated carbocycles. The Morgan fingerprint density at radius 3 is 2.62 bits per heavy atom. The highest BCUT2D eigenvalue weighted by molar-refractivity contribution is 5.26. The maximum absolute atomic E-state index is 11.7. The highest BCUT2D eigenvalue weighted by atomic mass is 16.5. The Kier molecular flexibility index (Phi) is 5.36. The molecule has 2 aliphatic rings. The molecule has 140 valence electrons. The molecule has 0 amide bonds. The maximum atomic E-state index is 11.7. The fourth-order valence-electron chi connectivity index (χ4n) is 4.23. The second-order valence-corrected chi connectivity index (χ2v) is 7.27. The molecule has 0 unspecified atom stereocenters. The van der Waals surface area contributed by atoms with E-state index in [0.717, 1.165) is 64.5 Å². The van der Waals surface area contributed by atoms with Crippen molar-refractivity contribution in [2.75, 3.05) is 45.9 Å². The van der Waals surface area contributed by atoms with Crippen molar-refractivity contribution < 1.29 is 9.84 Å². The standard InChI is InChI=1S/C20H28N4O2/c25-20(18-5-2-1-3-6-18)7-10-22(11-12-24-9-4-8-21-24)17-19(20)23-13-15-26-16-14-23/h1-6,8-9,19,25H,7,10-17H2/t19-,20+/m1/s1. The zero-order chi connectivity index (χ0) is 17.8. The monoisotopic (exact) mass is 356 g/mol. The Morgan fingerprint density at radius 1 is 1.08 bits per heavy atom. The first-order valence-corrected chi connectivity index (χ1v) is 9.55. The quantitative estimate of drug-likeness (QED) is 0.872. The highest BCUT2D eigenvalue weighted by Gasteiger charge is 2.45. The van der Waals surface area contributed by atoms with Crippen molar-refractivity contribution in [1.29, 1.82) is 0 Å². The van der Waals surface area contributed by atoms with Crippen LogP contribution in [-0.4, -0.2) is 76.7 Å². The van der Waals surface area contributed by atoms with E-state index in [2.05, 4.69) is 27.0 Å². The van der Waals surface area contributed by atoms with Crippen LogP contribution in [0.3, 0.4) is 0 Å². The summed E-state index contributed by atoms with van der Waals surface area (Å²) in [5, 5.41) is 16.0. The minimum atomic E-state index is -0.805. The topological polar surface area (TPSA) is 53.8 Å². The van der Waals surface area contributed by atoms with Gasteiger partial charge in [-0.15, -0.1) is 0 Å². The summed E-state index contributed by atoms with van der Waals surface area (Å²) < 4.78 is 7.51. The van der Waals surface area contributed by atoms with E-state index in [9.17, 15) is 5.11 Å². The molecule has 6 nitrogen and oxygen atoms in total. The van der Waals surface area contributed by atoms with E-state index >= 15 is 0 Å². The van der Waals surface area contributed by atoms with Crippen molar-refractivity contribution in [1.82, 2.24) is 19.6 Å². The number of piperidine rings is 1. The lowest BCUT2D eigenvalue weighted by Gasteiger charge is -2.50. The van der Waals surface area contributed by atoms with Gasteiger partial charge in [-0.2, -0.15) is 5.10 Å². The number of hydrogen-bond acceptors (Lipinski definition) is 5. The highest BCUT2D eigenvalue weighted by Crippen LogP contribution is 2.36. The molecule has 6 heteroatoms. The normalized spacial score (nSPS) is 28.3. The van der Waals surface area contributed by atoms with Gasteiger partial charge in [0.05, 0.1) is 25.8 Å². The van der Waals surface area contributed by atoms with Crippen LogP contribution in [0, 0.1) is 0 Å². The number of nitrogens with zero attached hydrogens (tertiary/aromatic N) is 4. The smallest absolute Gasteiger partial charge is 0.108 e. The predicted molar refractivity (Wildman–Crippen MR) is 99.8 cm³/mol. The molecule has 1 aromatic carbocycles. The summed E-state index contributed by atoms with van der Waals surface area (Å²) in [4.78, 5) is 4.87. The summed E-state index contributed by atoms with van der Waals surface area (Å²) in [5.74, 6) is 0. The molecule has 2 fully saturated rings. The average molecular weight is 356 g/mol. The van der Waals surface area contributed by atoms with E-state index in [-0.39, 0.29) is 6.04 Å². The summed E-state index contributed by atoms with van der Waals surface area (Å²) in [5.41, 5.74) is 0.226. The van der Waals surface area contributed by atoms with Crippen molar-refractivity contribution in [3.63, 3.8) is 0 Å². The van der Waals surface area contributed by atoms with E-state index < -0.39 is 5.60 Å². The predicted octanol–water partition coefficient (Wildman–Crippen LogP) is 1.18. The summed E-state index contributed by atoms with van der Waals surface area (Å²) in [6.45, 7) is 6.85. The van der Waals surface area contributed by atoms with E-state index in [0.29, 0.717) is 0 Å². The van der Waals surface area contributed by atoms with Gasteiger partial charge in [0.25, 0.3) is 0 Å². The summed E-state index contributed by atoms with van der Waals surface area (Å²) >= 11 is 0. The summed E-state index contributed by atoms with van der Waals surface area (Å²) in [7, 11) is 0. The molecule has 2 saturated heterocycles. The maximum Gasteiger partial charge on any atom is 0.108 e. The van der Waals surface area contributed by atoms with Crippen LogP contribution in [0.5, 0.6) is 0 Å². The molecule has 2 atom stereocenters. The van der Waals surface area contributed by atoms with Crippen LogP contribution in [0.15, 0.2) is 48.8 Å². The largest absolute Gasteiger partial charge is 0.383 e. The summed E-state index contributed by atoms with van der Waals surface area (Å²) in [6, 6.07) is 12.2. The van der Waals surface area contributed by atoms with Crippen LogP contribution in [0.4, 0.5) is 0 Å². The third-order valence-corrected chi connectivity index (χ3v) is 5.76. The molecule has 1 N–H and O–H groups in total. The second kappa shape index (κ2) is 7.88. The number of ether oxygens (including phenoxy) is 1. The molecular weight excluding hydrogens is 328 g/mol. The molecule has 2 aliphatic heterocycles. The lowest BCUT2D eigenvalue weighted by atomic mass is 9.79. The van der Waals surface area contributed by atoms with Gasteiger partial charge in [0.1, 0.15) is 5.60 Å². The average Bonchev–Trinajstić information content (AvgIpc) is 3.22. The first-order valence-electron chi connectivity index (χ1n) is 9.55. The zero-order valence-corrected chi connectivity index (χ0v) is 15.2. The van der Waals surface area contributed by atoms with Crippen molar-refractivity contribution in [2.24, 2.45) is 0 Å². The van der Waals surface area contributed by atoms with Crippen molar-refractivity contribution >= 4 is 0 Å². The Morgan fingerprint density at radius 2 is 1.88 bits per heavy atom. The van der Waals surface area contributed by atoms with E-state index in [1.54, 1.807) is 0 Å². The lowest BCUT2D eigenvalue weighted by molar-refractivity contribution is -0.118. The van der Waals surface area contributed by atoms with E-state index in [1.807, 2.05) is 41.3 Å². The van der Waals surface area contributed by atoms with Crippen LogP contribution < -0.4 is 0 Å². The number of aliphatic hydroxyl groups is 1. The Bertz CT molecular complexity index is 672. The lowest BCUT2D eigenvalue weighted by Crippen LogP contribution is -2.62. The van der Waals surface area contributed by atoms with Crippen LogP contribution in [0.2, 0.25) is 0 Å². The Balaban J connectivity index is 1.51. The molecule has 26 heavy (non-hydrogen) atoms. The minimum Gasteiger partial charge on any atom is -0.383 e. The molecule has 0 spiro atoms. The number of hydrogen-bond donors (Lipinski definition) is 1. The molecule has 1 aromatic heterocycles. The number of rotatable bonds is 5. The fourth-order valence-corrected chi connectivity index (χ4v) is 4.23.